The zero-order valence-corrected chi connectivity index (χ0v) is 14.0. The number of aryl methyl sites for hydroxylation is 1. The van der Waals surface area contributed by atoms with Crippen LogP contribution >= 0.6 is 15.9 Å². The smallest absolute Gasteiger partial charge is 0.144 e. The number of nitrogens with zero attached hydrogens (tertiary/aromatic N) is 2. The number of fused-ring (bicyclic) bond motifs is 2. The molecule has 3 nitrogen and oxygen atoms in total. The molecule has 0 aliphatic heterocycles. The highest BCUT2D eigenvalue weighted by Crippen LogP contribution is 2.52. The molecule has 2 aliphatic carbocycles. The summed E-state index contributed by atoms with van der Waals surface area (Å²) in [6.07, 6.45) is 7.60. The van der Waals surface area contributed by atoms with Gasteiger partial charge in [-0.05, 0) is 59.9 Å². The number of halogens is 1. The maximum Gasteiger partial charge on any atom is 0.144 e. The van der Waals surface area contributed by atoms with Crippen molar-refractivity contribution in [2.75, 3.05) is 11.9 Å². The molecule has 0 amide bonds. The van der Waals surface area contributed by atoms with Crippen LogP contribution in [0.2, 0.25) is 0 Å². The Morgan fingerprint density at radius 3 is 2.65 bits per heavy atom. The Labute approximate surface area is 130 Å². The zero-order valence-electron chi connectivity index (χ0n) is 12.5. The number of hydrogen-bond donors (Lipinski definition) is 1. The summed E-state index contributed by atoms with van der Waals surface area (Å²) in [5.41, 5.74) is 1.15. The van der Waals surface area contributed by atoms with Crippen LogP contribution in [0.4, 0.5) is 5.82 Å². The van der Waals surface area contributed by atoms with Crippen LogP contribution in [0, 0.1) is 11.8 Å². The second-order valence-corrected chi connectivity index (χ2v) is 7.05. The van der Waals surface area contributed by atoms with Crippen molar-refractivity contribution >= 4 is 21.7 Å². The fourth-order valence-corrected chi connectivity index (χ4v) is 4.43. The number of rotatable bonds is 5. The van der Waals surface area contributed by atoms with Gasteiger partial charge in [-0.2, -0.15) is 0 Å². The summed E-state index contributed by atoms with van der Waals surface area (Å²) in [5, 5.41) is 3.45. The monoisotopic (exact) mass is 337 g/mol. The van der Waals surface area contributed by atoms with Crippen molar-refractivity contribution in [3.05, 3.63) is 16.0 Å². The maximum absolute atomic E-state index is 4.86. The van der Waals surface area contributed by atoms with E-state index in [-0.39, 0.29) is 0 Å². The van der Waals surface area contributed by atoms with Crippen LogP contribution in [0.25, 0.3) is 0 Å². The van der Waals surface area contributed by atoms with Crippen molar-refractivity contribution in [1.82, 2.24) is 9.97 Å². The van der Waals surface area contributed by atoms with Crippen LogP contribution in [0.3, 0.4) is 0 Å². The minimum absolute atomic E-state index is 0.606. The van der Waals surface area contributed by atoms with Gasteiger partial charge in [-0.15, -0.1) is 0 Å². The molecule has 2 saturated carbocycles. The number of anilines is 1. The average molecular weight is 338 g/mol. The van der Waals surface area contributed by atoms with Gasteiger partial charge in [-0.25, -0.2) is 9.97 Å². The highest BCUT2D eigenvalue weighted by Gasteiger charge is 2.41. The van der Waals surface area contributed by atoms with Crippen molar-refractivity contribution in [1.29, 1.82) is 0 Å². The molecule has 1 aromatic heterocycles. The first-order chi connectivity index (χ1) is 9.72. The van der Waals surface area contributed by atoms with Crippen molar-refractivity contribution < 1.29 is 0 Å². The van der Waals surface area contributed by atoms with E-state index < -0.39 is 0 Å². The van der Waals surface area contributed by atoms with Crippen LogP contribution in [-0.2, 0) is 6.42 Å². The normalized spacial score (nSPS) is 28.1. The standard InChI is InChI=1S/C16H24BrN3/c1-3-7-18-16-14(17)13(4-2)19-15(20-16)12-9-10-5-6-11(12)8-10/h10-12H,3-9H2,1-2H3,(H,18,19,20). The van der Waals surface area contributed by atoms with Crippen LogP contribution < -0.4 is 5.32 Å². The molecule has 110 valence electrons. The molecule has 0 saturated heterocycles. The second kappa shape index (κ2) is 6.00. The first-order valence-corrected chi connectivity index (χ1v) is 8.82. The van der Waals surface area contributed by atoms with Crippen LogP contribution in [0.1, 0.15) is 63.4 Å². The van der Waals surface area contributed by atoms with Gasteiger partial charge >= 0.3 is 0 Å². The van der Waals surface area contributed by atoms with Gasteiger partial charge in [0.25, 0.3) is 0 Å². The zero-order chi connectivity index (χ0) is 14.1. The lowest BCUT2D eigenvalue weighted by Crippen LogP contribution is -2.15. The Bertz CT molecular complexity index is 489. The lowest BCUT2D eigenvalue weighted by Gasteiger charge is -2.22. The Kier molecular flexibility index (Phi) is 4.29. The minimum atomic E-state index is 0.606. The largest absolute Gasteiger partial charge is 0.369 e. The fraction of sp³-hybridized carbons (Fsp3) is 0.750. The second-order valence-electron chi connectivity index (χ2n) is 6.25. The third kappa shape index (κ3) is 2.59. The van der Waals surface area contributed by atoms with Gasteiger partial charge in [-0.3, -0.25) is 0 Å². The van der Waals surface area contributed by atoms with Gasteiger partial charge in [0.1, 0.15) is 11.6 Å². The quantitative estimate of drug-likeness (QED) is 0.857. The van der Waals surface area contributed by atoms with Crippen molar-refractivity contribution in [2.45, 2.75) is 58.3 Å². The van der Waals surface area contributed by atoms with Gasteiger partial charge in [0.15, 0.2) is 0 Å². The molecule has 2 aliphatic rings. The number of hydrogen-bond acceptors (Lipinski definition) is 3. The van der Waals surface area contributed by atoms with E-state index in [0.29, 0.717) is 5.92 Å². The Balaban J connectivity index is 1.90. The third-order valence-corrected chi connectivity index (χ3v) is 5.72. The van der Waals surface area contributed by atoms with Gasteiger partial charge in [0.2, 0.25) is 0 Å². The van der Waals surface area contributed by atoms with E-state index >= 15 is 0 Å². The summed E-state index contributed by atoms with van der Waals surface area (Å²) in [5.74, 6) is 4.47. The lowest BCUT2D eigenvalue weighted by molar-refractivity contribution is 0.404. The Hall–Kier alpha value is -0.640. The van der Waals surface area contributed by atoms with Gasteiger partial charge < -0.3 is 5.32 Å². The van der Waals surface area contributed by atoms with Crippen LogP contribution in [0.5, 0.6) is 0 Å². The molecule has 0 radical (unpaired) electrons. The van der Waals surface area contributed by atoms with Crippen LogP contribution in [0.15, 0.2) is 4.47 Å². The van der Waals surface area contributed by atoms with E-state index in [9.17, 15) is 0 Å². The van der Waals surface area contributed by atoms with Crippen molar-refractivity contribution in [3.63, 3.8) is 0 Å². The molecular weight excluding hydrogens is 314 g/mol. The van der Waals surface area contributed by atoms with E-state index in [0.717, 1.165) is 53.0 Å². The van der Waals surface area contributed by atoms with E-state index in [4.69, 9.17) is 9.97 Å². The summed E-state index contributed by atoms with van der Waals surface area (Å²) in [4.78, 5) is 9.71. The van der Waals surface area contributed by atoms with E-state index in [2.05, 4.69) is 35.1 Å². The number of aromatic nitrogens is 2. The highest BCUT2D eigenvalue weighted by molar-refractivity contribution is 9.10. The molecule has 3 unspecified atom stereocenters. The summed E-state index contributed by atoms with van der Waals surface area (Å²) in [6.45, 7) is 5.32. The van der Waals surface area contributed by atoms with Gasteiger partial charge in [0.05, 0.1) is 10.2 Å². The highest BCUT2D eigenvalue weighted by atomic mass is 79.9. The summed E-state index contributed by atoms with van der Waals surface area (Å²) in [7, 11) is 0. The van der Waals surface area contributed by atoms with E-state index in [1.807, 2.05) is 0 Å². The first-order valence-electron chi connectivity index (χ1n) is 8.03. The SMILES string of the molecule is CCCNc1nc(C2CC3CCC2C3)nc(CC)c1Br. The molecule has 3 rings (SSSR count). The molecule has 20 heavy (non-hydrogen) atoms. The molecule has 2 bridgehead atoms. The summed E-state index contributed by atoms with van der Waals surface area (Å²) in [6, 6.07) is 0. The molecule has 3 atom stereocenters. The molecule has 1 aromatic rings. The van der Waals surface area contributed by atoms with Crippen LogP contribution in [-0.4, -0.2) is 16.5 Å². The molecule has 0 aromatic carbocycles. The molecule has 0 spiro atoms. The lowest BCUT2D eigenvalue weighted by atomic mass is 9.88. The minimum Gasteiger partial charge on any atom is -0.369 e. The van der Waals surface area contributed by atoms with E-state index in [1.165, 1.54) is 25.7 Å². The van der Waals surface area contributed by atoms with Crippen molar-refractivity contribution in [3.8, 4) is 0 Å². The van der Waals surface area contributed by atoms with Gasteiger partial charge in [-0.1, -0.05) is 20.3 Å². The fourth-order valence-electron chi connectivity index (χ4n) is 3.83. The molecule has 2 fully saturated rings. The predicted molar refractivity (Wildman–Crippen MR) is 86.1 cm³/mol. The predicted octanol–water partition coefficient (Wildman–Crippen LogP) is 4.53. The molecule has 4 heteroatoms. The van der Waals surface area contributed by atoms with Gasteiger partial charge in [0, 0.05) is 12.5 Å². The average Bonchev–Trinajstić information content (AvgIpc) is 3.09. The summed E-state index contributed by atoms with van der Waals surface area (Å²) >= 11 is 3.67. The molecule has 1 N–H and O–H groups in total. The topological polar surface area (TPSA) is 37.8 Å². The Morgan fingerprint density at radius 2 is 2.05 bits per heavy atom. The van der Waals surface area contributed by atoms with E-state index in [1.54, 1.807) is 0 Å². The maximum atomic E-state index is 4.86. The molecular formula is C16H24BrN3. The van der Waals surface area contributed by atoms with Crippen molar-refractivity contribution in [2.24, 2.45) is 11.8 Å². The Morgan fingerprint density at radius 1 is 1.20 bits per heavy atom. The first kappa shape index (κ1) is 14.3. The molecule has 1 heterocycles. The summed E-state index contributed by atoms with van der Waals surface area (Å²) < 4.78 is 1.06. The number of nitrogens with one attached hydrogen (secondary N) is 1. The third-order valence-electron chi connectivity index (χ3n) is 4.88.